The van der Waals surface area contributed by atoms with Crippen molar-refractivity contribution in [3.05, 3.63) is 5.82 Å². The van der Waals surface area contributed by atoms with E-state index in [0.29, 0.717) is 11.9 Å². The molecule has 1 aliphatic rings. The molecule has 0 spiro atoms. The van der Waals surface area contributed by atoms with E-state index in [9.17, 15) is 0 Å². The summed E-state index contributed by atoms with van der Waals surface area (Å²) >= 11 is 0. The number of anilines is 1. The second kappa shape index (κ2) is 2.47. The largest absolute Gasteiger partial charge is 0.368 e. The van der Waals surface area contributed by atoms with Gasteiger partial charge in [0.1, 0.15) is 0 Å². The summed E-state index contributed by atoms with van der Waals surface area (Å²) in [5.74, 6) is 2.69. The van der Waals surface area contributed by atoms with Gasteiger partial charge in [-0.1, -0.05) is 6.92 Å². The Bertz CT molecular complexity index is 268. The summed E-state index contributed by atoms with van der Waals surface area (Å²) < 4.78 is 1.63. The zero-order chi connectivity index (χ0) is 8.72. The molecule has 2 rings (SSSR count). The second-order valence-corrected chi connectivity index (χ2v) is 3.58. The molecule has 4 nitrogen and oxygen atoms in total. The lowest BCUT2D eigenvalue weighted by Gasteiger charge is -2.02. The van der Waals surface area contributed by atoms with Gasteiger partial charge < -0.3 is 5.73 Å². The summed E-state index contributed by atoms with van der Waals surface area (Å²) in [4.78, 5) is 4.20. The standard InChI is InChI=1S/C8H14N4/c1-5(6-3-4-6)7-10-8(9)12(2)11-7/h5-6H,3-4H2,1-2H3,(H2,9,10,11). The minimum Gasteiger partial charge on any atom is -0.368 e. The van der Waals surface area contributed by atoms with Gasteiger partial charge in [0, 0.05) is 13.0 Å². The fourth-order valence-corrected chi connectivity index (χ4v) is 1.42. The SMILES string of the molecule is CC(c1nc(N)n(C)n1)C1CC1. The average Bonchev–Trinajstić information content (AvgIpc) is 2.80. The molecular weight excluding hydrogens is 152 g/mol. The molecule has 1 aromatic rings. The number of nitrogens with zero attached hydrogens (tertiary/aromatic N) is 3. The fraction of sp³-hybridized carbons (Fsp3) is 0.750. The van der Waals surface area contributed by atoms with Gasteiger partial charge in [-0.05, 0) is 18.8 Å². The first-order valence-corrected chi connectivity index (χ1v) is 4.35. The van der Waals surface area contributed by atoms with Gasteiger partial charge in [0.25, 0.3) is 0 Å². The minimum atomic E-state index is 0.480. The van der Waals surface area contributed by atoms with Crippen molar-refractivity contribution in [1.82, 2.24) is 14.8 Å². The van der Waals surface area contributed by atoms with E-state index in [2.05, 4.69) is 17.0 Å². The summed E-state index contributed by atoms with van der Waals surface area (Å²) in [6.07, 6.45) is 2.64. The first-order valence-electron chi connectivity index (χ1n) is 4.35. The number of nitrogen functional groups attached to an aromatic ring is 1. The monoisotopic (exact) mass is 166 g/mol. The van der Waals surface area contributed by atoms with Crippen molar-refractivity contribution in [2.75, 3.05) is 5.73 Å². The maximum absolute atomic E-state index is 5.59. The molecule has 2 N–H and O–H groups in total. The van der Waals surface area contributed by atoms with Crippen LogP contribution in [-0.2, 0) is 7.05 Å². The Morgan fingerprint density at radius 1 is 1.58 bits per heavy atom. The van der Waals surface area contributed by atoms with E-state index in [1.807, 2.05) is 7.05 Å². The zero-order valence-electron chi connectivity index (χ0n) is 7.49. The lowest BCUT2D eigenvalue weighted by molar-refractivity contribution is 0.609. The number of nitrogens with two attached hydrogens (primary N) is 1. The van der Waals surface area contributed by atoms with Gasteiger partial charge in [-0.15, -0.1) is 0 Å². The predicted octanol–water partition coefficient (Wildman–Crippen LogP) is 0.911. The first kappa shape index (κ1) is 7.58. The van der Waals surface area contributed by atoms with E-state index in [-0.39, 0.29) is 0 Å². The van der Waals surface area contributed by atoms with Gasteiger partial charge in [0.05, 0.1) is 0 Å². The number of rotatable bonds is 2. The molecule has 1 fully saturated rings. The van der Waals surface area contributed by atoms with Crippen molar-refractivity contribution in [1.29, 1.82) is 0 Å². The van der Waals surface area contributed by atoms with Crippen molar-refractivity contribution in [2.45, 2.75) is 25.7 Å². The minimum absolute atomic E-state index is 0.480. The molecule has 1 atom stereocenters. The van der Waals surface area contributed by atoms with E-state index in [0.717, 1.165) is 11.7 Å². The van der Waals surface area contributed by atoms with Crippen molar-refractivity contribution in [2.24, 2.45) is 13.0 Å². The highest BCUT2D eigenvalue weighted by molar-refractivity contribution is 5.17. The molecule has 0 amide bonds. The van der Waals surface area contributed by atoms with Crippen molar-refractivity contribution in [3.63, 3.8) is 0 Å². The van der Waals surface area contributed by atoms with Gasteiger partial charge in [-0.2, -0.15) is 10.1 Å². The number of aromatic nitrogens is 3. The number of hydrogen-bond acceptors (Lipinski definition) is 3. The second-order valence-electron chi connectivity index (χ2n) is 3.58. The molecule has 1 aliphatic carbocycles. The van der Waals surface area contributed by atoms with Crippen LogP contribution < -0.4 is 5.73 Å². The van der Waals surface area contributed by atoms with Crippen LogP contribution in [0.25, 0.3) is 0 Å². The molecule has 0 bridgehead atoms. The van der Waals surface area contributed by atoms with Crippen LogP contribution in [0.2, 0.25) is 0 Å². The van der Waals surface area contributed by atoms with E-state index in [1.54, 1.807) is 4.68 Å². The van der Waals surface area contributed by atoms with Gasteiger partial charge in [-0.25, -0.2) is 4.68 Å². The van der Waals surface area contributed by atoms with Crippen LogP contribution in [0, 0.1) is 5.92 Å². The van der Waals surface area contributed by atoms with Gasteiger partial charge in [-0.3, -0.25) is 0 Å². The molecule has 0 radical (unpaired) electrons. The van der Waals surface area contributed by atoms with E-state index in [1.165, 1.54) is 12.8 Å². The maximum atomic E-state index is 5.59. The van der Waals surface area contributed by atoms with Crippen LogP contribution >= 0.6 is 0 Å². The molecular formula is C8H14N4. The van der Waals surface area contributed by atoms with E-state index < -0.39 is 0 Å². The summed E-state index contributed by atoms with van der Waals surface area (Å²) in [7, 11) is 1.82. The average molecular weight is 166 g/mol. The molecule has 1 unspecified atom stereocenters. The Balaban J connectivity index is 2.21. The molecule has 1 aromatic heterocycles. The van der Waals surface area contributed by atoms with E-state index >= 15 is 0 Å². The zero-order valence-corrected chi connectivity index (χ0v) is 7.49. The highest BCUT2D eigenvalue weighted by Crippen LogP contribution is 2.41. The maximum Gasteiger partial charge on any atom is 0.218 e. The topological polar surface area (TPSA) is 56.7 Å². The van der Waals surface area contributed by atoms with Gasteiger partial charge >= 0.3 is 0 Å². The third-order valence-corrected chi connectivity index (χ3v) is 2.55. The van der Waals surface area contributed by atoms with Crippen molar-refractivity contribution >= 4 is 5.95 Å². The van der Waals surface area contributed by atoms with Gasteiger partial charge in [0.2, 0.25) is 5.95 Å². The Morgan fingerprint density at radius 2 is 2.25 bits per heavy atom. The van der Waals surface area contributed by atoms with Crippen LogP contribution in [0.15, 0.2) is 0 Å². The van der Waals surface area contributed by atoms with Crippen molar-refractivity contribution < 1.29 is 0 Å². The highest BCUT2D eigenvalue weighted by atomic mass is 15.4. The molecule has 0 aliphatic heterocycles. The molecule has 1 heterocycles. The third kappa shape index (κ3) is 1.17. The molecule has 4 heteroatoms. The molecule has 0 saturated heterocycles. The van der Waals surface area contributed by atoms with Crippen LogP contribution in [0.5, 0.6) is 0 Å². The highest BCUT2D eigenvalue weighted by Gasteiger charge is 2.31. The summed E-state index contributed by atoms with van der Waals surface area (Å²) in [5.41, 5.74) is 5.59. The summed E-state index contributed by atoms with van der Waals surface area (Å²) in [5, 5.41) is 4.25. The van der Waals surface area contributed by atoms with E-state index in [4.69, 9.17) is 5.73 Å². The lowest BCUT2D eigenvalue weighted by atomic mass is 10.1. The first-order chi connectivity index (χ1) is 5.68. The molecule has 0 aromatic carbocycles. The lowest BCUT2D eigenvalue weighted by Crippen LogP contribution is -1.99. The predicted molar refractivity (Wildman–Crippen MR) is 46.6 cm³/mol. The van der Waals surface area contributed by atoms with Crippen LogP contribution in [-0.4, -0.2) is 14.8 Å². The van der Waals surface area contributed by atoms with Crippen LogP contribution in [0.1, 0.15) is 31.5 Å². The number of aryl methyl sites for hydroxylation is 1. The Morgan fingerprint density at radius 3 is 2.67 bits per heavy atom. The smallest absolute Gasteiger partial charge is 0.218 e. The van der Waals surface area contributed by atoms with Crippen LogP contribution in [0.4, 0.5) is 5.95 Å². The molecule has 12 heavy (non-hydrogen) atoms. The summed E-state index contributed by atoms with van der Waals surface area (Å²) in [6, 6.07) is 0. The third-order valence-electron chi connectivity index (χ3n) is 2.55. The Labute approximate surface area is 71.8 Å². The quantitative estimate of drug-likeness (QED) is 0.710. The fourth-order valence-electron chi connectivity index (χ4n) is 1.42. The van der Waals surface area contributed by atoms with Crippen molar-refractivity contribution in [3.8, 4) is 0 Å². The number of hydrogen-bond donors (Lipinski definition) is 1. The van der Waals surface area contributed by atoms with Crippen LogP contribution in [0.3, 0.4) is 0 Å². The molecule has 1 saturated carbocycles. The Hall–Kier alpha value is -1.06. The summed E-state index contributed by atoms with van der Waals surface area (Å²) in [6.45, 7) is 2.17. The molecule has 66 valence electrons. The normalized spacial score (nSPS) is 19.5. The Kier molecular flexibility index (Phi) is 1.56. The van der Waals surface area contributed by atoms with Gasteiger partial charge in [0.15, 0.2) is 5.82 Å².